The quantitative estimate of drug-likeness (QED) is 0.366. The Balaban J connectivity index is 2.12. The summed E-state index contributed by atoms with van der Waals surface area (Å²) in [4.78, 5) is 22.6. The van der Waals surface area contributed by atoms with E-state index in [0.29, 0.717) is 17.6 Å². The molecule has 0 aliphatic rings. The Morgan fingerprint density at radius 1 is 1.00 bits per heavy atom. The van der Waals surface area contributed by atoms with Crippen molar-refractivity contribution in [2.75, 3.05) is 7.11 Å². The molecule has 0 bridgehead atoms. The lowest BCUT2D eigenvalue weighted by Gasteiger charge is -2.08. The maximum absolute atomic E-state index is 11.8. The second-order valence-corrected chi connectivity index (χ2v) is 4.19. The molecule has 0 spiro atoms. The monoisotopic (exact) mass is 282 g/mol. The zero-order chi connectivity index (χ0) is 15.1. The van der Waals surface area contributed by atoms with Crippen molar-refractivity contribution in [2.24, 2.45) is 0 Å². The molecular formula is C17H14O4. The Bertz CT molecular complexity index is 660. The van der Waals surface area contributed by atoms with E-state index in [0.717, 1.165) is 5.56 Å². The molecule has 2 aromatic carbocycles. The molecule has 0 saturated carbocycles. The van der Waals surface area contributed by atoms with Crippen molar-refractivity contribution < 1.29 is 19.1 Å². The van der Waals surface area contributed by atoms with E-state index in [-0.39, 0.29) is 5.75 Å². The molecule has 0 atom stereocenters. The highest BCUT2D eigenvalue weighted by Gasteiger charge is 2.09. The highest BCUT2D eigenvalue weighted by atomic mass is 16.6. The number of hydrogen-bond acceptors (Lipinski definition) is 4. The summed E-state index contributed by atoms with van der Waals surface area (Å²) in [7, 11) is 1.47. The molecule has 21 heavy (non-hydrogen) atoms. The van der Waals surface area contributed by atoms with Gasteiger partial charge in [0, 0.05) is 11.6 Å². The van der Waals surface area contributed by atoms with Crippen molar-refractivity contribution in [3.05, 3.63) is 65.7 Å². The number of aldehydes is 1. The van der Waals surface area contributed by atoms with Crippen LogP contribution in [0.2, 0.25) is 0 Å². The molecule has 0 aliphatic carbocycles. The van der Waals surface area contributed by atoms with Gasteiger partial charge in [-0.15, -0.1) is 0 Å². The summed E-state index contributed by atoms with van der Waals surface area (Å²) in [5.41, 5.74) is 1.30. The first-order chi connectivity index (χ1) is 10.2. The smallest absolute Gasteiger partial charge is 0.336 e. The van der Waals surface area contributed by atoms with Crippen LogP contribution in [0.25, 0.3) is 6.08 Å². The summed E-state index contributed by atoms with van der Waals surface area (Å²) in [6.45, 7) is 0. The number of esters is 1. The third kappa shape index (κ3) is 4.04. The van der Waals surface area contributed by atoms with Crippen molar-refractivity contribution in [1.82, 2.24) is 0 Å². The van der Waals surface area contributed by atoms with Crippen LogP contribution in [0.15, 0.2) is 54.6 Å². The maximum atomic E-state index is 11.8. The fourth-order valence-electron chi connectivity index (χ4n) is 1.72. The van der Waals surface area contributed by atoms with E-state index in [4.69, 9.17) is 9.47 Å². The number of ether oxygens (including phenoxy) is 2. The van der Waals surface area contributed by atoms with Gasteiger partial charge in [-0.05, 0) is 29.8 Å². The predicted octanol–water partition coefficient (Wildman–Crippen LogP) is 3.13. The van der Waals surface area contributed by atoms with Gasteiger partial charge in [-0.2, -0.15) is 0 Å². The minimum absolute atomic E-state index is 0.213. The van der Waals surface area contributed by atoms with Crippen LogP contribution in [-0.4, -0.2) is 19.4 Å². The molecule has 0 heterocycles. The summed E-state index contributed by atoms with van der Waals surface area (Å²) < 4.78 is 10.3. The Morgan fingerprint density at radius 2 is 1.76 bits per heavy atom. The van der Waals surface area contributed by atoms with Gasteiger partial charge in [0.2, 0.25) is 0 Å². The van der Waals surface area contributed by atoms with Crippen molar-refractivity contribution in [2.45, 2.75) is 0 Å². The molecule has 0 fully saturated rings. The molecule has 0 aromatic heterocycles. The molecule has 0 amide bonds. The van der Waals surface area contributed by atoms with Gasteiger partial charge in [0.1, 0.15) is 6.29 Å². The molecule has 0 unspecified atom stereocenters. The van der Waals surface area contributed by atoms with E-state index in [1.165, 1.54) is 19.3 Å². The average Bonchev–Trinajstić information content (AvgIpc) is 2.54. The standard InChI is InChI=1S/C17H14O4/c1-20-15-9-7-14(12-18)11-16(15)21-17(19)10-8-13-5-3-2-4-6-13/h2-12H,1H3/b10-8+. The Kier molecular flexibility index (Phi) is 4.88. The first-order valence-corrected chi connectivity index (χ1v) is 6.31. The number of carbonyl (C=O) groups excluding carboxylic acids is 2. The molecule has 4 heteroatoms. The van der Waals surface area contributed by atoms with Gasteiger partial charge in [0.25, 0.3) is 0 Å². The molecule has 0 N–H and O–H groups in total. The van der Waals surface area contributed by atoms with E-state index < -0.39 is 5.97 Å². The van der Waals surface area contributed by atoms with E-state index in [1.54, 1.807) is 18.2 Å². The lowest BCUT2D eigenvalue weighted by Crippen LogP contribution is -2.05. The van der Waals surface area contributed by atoms with Crippen LogP contribution in [0, 0.1) is 0 Å². The fourth-order valence-corrected chi connectivity index (χ4v) is 1.72. The van der Waals surface area contributed by atoms with Gasteiger partial charge in [-0.3, -0.25) is 4.79 Å². The van der Waals surface area contributed by atoms with E-state index >= 15 is 0 Å². The normalized spacial score (nSPS) is 10.3. The molecule has 2 aromatic rings. The number of benzene rings is 2. The third-order valence-electron chi connectivity index (χ3n) is 2.75. The van der Waals surface area contributed by atoms with E-state index in [1.807, 2.05) is 30.3 Å². The van der Waals surface area contributed by atoms with Gasteiger partial charge in [0.05, 0.1) is 7.11 Å². The zero-order valence-electron chi connectivity index (χ0n) is 11.5. The molecule has 2 rings (SSSR count). The van der Waals surface area contributed by atoms with Crippen LogP contribution in [0.4, 0.5) is 0 Å². The van der Waals surface area contributed by atoms with Crippen LogP contribution < -0.4 is 9.47 Å². The summed E-state index contributed by atoms with van der Waals surface area (Å²) in [6, 6.07) is 14.0. The first-order valence-electron chi connectivity index (χ1n) is 6.31. The van der Waals surface area contributed by atoms with Gasteiger partial charge in [-0.25, -0.2) is 4.79 Å². The van der Waals surface area contributed by atoms with Crippen molar-refractivity contribution in [3.8, 4) is 11.5 Å². The molecule has 0 saturated heterocycles. The number of carbonyl (C=O) groups is 2. The first kappa shape index (κ1) is 14.5. The third-order valence-corrected chi connectivity index (χ3v) is 2.75. The van der Waals surface area contributed by atoms with Crippen LogP contribution in [-0.2, 0) is 4.79 Å². The Morgan fingerprint density at radius 3 is 2.43 bits per heavy atom. The maximum Gasteiger partial charge on any atom is 0.336 e. The predicted molar refractivity (Wildman–Crippen MR) is 79.5 cm³/mol. The molecule has 4 nitrogen and oxygen atoms in total. The Labute approximate surface area is 122 Å². The lowest BCUT2D eigenvalue weighted by molar-refractivity contribution is -0.129. The van der Waals surface area contributed by atoms with Gasteiger partial charge >= 0.3 is 5.97 Å². The van der Waals surface area contributed by atoms with Gasteiger partial charge < -0.3 is 9.47 Å². The number of rotatable bonds is 5. The minimum atomic E-state index is -0.541. The van der Waals surface area contributed by atoms with Crippen molar-refractivity contribution in [1.29, 1.82) is 0 Å². The lowest BCUT2D eigenvalue weighted by atomic mass is 10.2. The second kappa shape index (κ2) is 7.05. The van der Waals surface area contributed by atoms with Gasteiger partial charge in [0.15, 0.2) is 11.5 Å². The number of hydrogen-bond donors (Lipinski definition) is 0. The van der Waals surface area contributed by atoms with Gasteiger partial charge in [-0.1, -0.05) is 30.3 Å². The summed E-state index contributed by atoms with van der Waals surface area (Å²) in [5.74, 6) is 0.0621. The molecule has 0 radical (unpaired) electrons. The van der Waals surface area contributed by atoms with Crippen molar-refractivity contribution in [3.63, 3.8) is 0 Å². The largest absolute Gasteiger partial charge is 0.493 e. The summed E-state index contributed by atoms with van der Waals surface area (Å²) >= 11 is 0. The number of methoxy groups -OCH3 is 1. The summed E-state index contributed by atoms with van der Waals surface area (Å²) in [5, 5.41) is 0. The van der Waals surface area contributed by atoms with Crippen LogP contribution in [0.1, 0.15) is 15.9 Å². The zero-order valence-corrected chi connectivity index (χ0v) is 11.5. The topological polar surface area (TPSA) is 52.6 Å². The van der Waals surface area contributed by atoms with Crippen LogP contribution in [0.3, 0.4) is 0 Å². The van der Waals surface area contributed by atoms with Crippen molar-refractivity contribution >= 4 is 18.3 Å². The van der Waals surface area contributed by atoms with Crippen LogP contribution in [0.5, 0.6) is 11.5 Å². The molecular weight excluding hydrogens is 268 g/mol. The van der Waals surface area contributed by atoms with E-state index in [2.05, 4.69) is 0 Å². The fraction of sp³-hybridized carbons (Fsp3) is 0.0588. The molecule has 106 valence electrons. The SMILES string of the molecule is COc1ccc(C=O)cc1OC(=O)/C=C/c1ccccc1. The highest BCUT2D eigenvalue weighted by Crippen LogP contribution is 2.27. The highest BCUT2D eigenvalue weighted by molar-refractivity contribution is 5.89. The van der Waals surface area contributed by atoms with Crippen LogP contribution >= 0.6 is 0 Å². The molecule has 0 aliphatic heterocycles. The van der Waals surface area contributed by atoms with E-state index in [9.17, 15) is 9.59 Å². The Hall–Kier alpha value is -2.88. The average molecular weight is 282 g/mol. The second-order valence-electron chi connectivity index (χ2n) is 4.19. The summed E-state index contributed by atoms with van der Waals surface area (Å²) in [6.07, 6.45) is 3.65. The minimum Gasteiger partial charge on any atom is -0.493 e.